The summed E-state index contributed by atoms with van der Waals surface area (Å²) in [5.74, 6) is 0.517. The number of benzene rings is 1. The Morgan fingerprint density at radius 1 is 1.18 bits per heavy atom. The molecule has 0 radical (unpaired) electrons. The Kier molecular flexibility index (Phi) is 4.41. The van der Waals surface area contributed by atoms with E-state index in [9.17, 15) is 9.59 Å². The predicted octanol–water partition coefficient (Wildman–Crippen LogP) is 3.89. The van der Waals surface area contributed by atoms with Crippen LogP contribution in [0.25, 0.3) is 0 Å². The van der Waals surface area contributed by atoms with Crippen LogP contribution in [0.2, 0.25) is 0 Å². The summed E-state index contributed by atoms with van der Waals surface area (Å²) >= 11 is 0. The van der Waals surface area contributed by atoms with Gasteiger partial charge in [-0.05, 0) is 36.5 Å². The fraction of sp³-hybridized carbons (Fsp3) is 0.474. The zero-order valence-corrected chi connectivity index (χ0v) is 13.0. The molecule has 0 N–H and O–H groups in total. The molecule has 0 aliphatic heterocycles. The number of fused-ring (bicyclic) bond motifs is 2. The third-order valence-corrected chi connectivity index (χ3v) is 4.74. The topological polar surface area (TPSA) is 43.4 Å². The number of carbonyl (C=O) groups excluding carboxylic acids is 2. The molecule has 1 aromatic rings. The highest BCUT2D eigenvalue weighted by atomic mass is 16.5. The second-order valence-electron chi connectivity index (χ2n) is 6.23. The molecule has 3 atom stereocenters. The van der Waals surface area contributed by atoms with E-state index in [4.69, 9.17) is 4.74 Å². The number of rotatable bonds is 6. The third-order valence-electron chi connectivity index (χ3n) is 4.74. The highest BCUT2D eigenvalue weighted by Crippen LogP contribution is 2.46. The van der Waals surface area contributed by atoms with Crippen LogP contribution in [-0.4, -0.2) is 18.4 Å². The quantitative estimate of drug-likeness (QED) is 0.454. The first kappa shape index (κ1) is 15.0. The van der Waals surface area contributed by atoms with E-state index in [1.807, 2.05) is 36.4 Å². The minimum atomic E-state index is -0.258. The van der Waals surface area contributed by atoms with Crippen molar-refractivity contribution in [1.29, 1.82) is 0 Å². The fourth-order valence-electron chi connectivity index (χ4n) is 3.45. The lowest BCUT2D eigenvalue weighted by Crippen LogP contribution is -2.10. The van der Waals surface area contributed by atoms with Crippen molar-refractivity contribution in [3.05, 3.63) is 47.5 Å². The van der Waals surface area contributed by atoms with E-state index in [0.717, 1.165) is 31.2 Å². The lowest BCUT2D eigenvalue weighted by atomic mass is 9.86. The zero-order chi connectivity index (χ0) is 15.5. The summed E-state index contributed by atoms with van der Waals surface area (Å²) in [4.78, 5) is 23.9. The molecule has 3 nitrogen and oxygen atoms in total. The molecule has 0 amide bonds. The Morgan fingerprint density at radius 2 is 1.95 bits per heavy atom. The van der Waals surface area contributed by atoms with Gasteiger partial charge < -0.3 is 4.74 Å². The summed E-state index contributed by atoms with van der Waals surface area (Å²) in [6.07, 6.45) is 8.09. The van der Waals surface area contributed by atoms with Crippen molar-refractivity contribution in [2.45, 2.75) is 38.5 Å². The molecule has 2 aliphatic rings. The smallest absolute Gasteiger partial charge is 0.338 e. The van der Waals surface area contributed by atoms with Crippen LogP contribution in [0, 0.1) is 11.8 Å². The Balaban J connectivity index is 1.60. The molecule has 0 heterocycles. The Hall–Kier alpha value is -1.90. The van der Waals surface area contributed by atoms with Gasteiger partial charge in [0.1, 0.15) is 5.78 Å². The Bertz CT molecular complexity index is 585. The number of esters is 1. The first-order valence-electron chi connectivity index (χ1n) is 8.20. The average molecular weight is 298 g/mol. The maximum atomic E-state index is 12.0. The van der Waals surface area contributed by atoms with E-state index < -0.39 is 0 Å². The van der Waals surface area contributed by atoms with Gasteiger partial charge in [-0.15, -0.1) is 0 Å². The molecule has 22 heavy (non-hydrogen) atoms. The molecular formula is C19H22O3. The second kappa shape index (κ2) is 6.47. The van der Waals surface area contributed by atoms with Gasteiger partial charge >= 0.3 is 5.97 Å². The lowest BCUT2D eigenvalue weighted by Gasteiger charge is -2.17. The number of unbranched alkanes of at least 4 members (excludes halogenated alkanes) is 2. The largest absolute Gasteiger partial charge is 0.462 e. The molecule has 2 bridgehead atoms. The molecule has 0 aromatic heterocycles. The molecule has 0 spiro atoms. The SMILES string of the molecule is CCCCCOC(=O)c1ccc(C2CC3C=CC2C3=O)cc1. The molecule has 3 heteroatoms. The van der Waals surface area contributed by atoms with E-state index in [-0.39, 0.29) is 23.7 Å². The molecule has 2 aliphatic carbocycles. The maximum absolute atomic E-state index is 12.0. The monoisotopic (exact) mass is 298 g/mol. The number of Topliss-reactive ketones (excluding diaryl/α,β-unsaturated/α-hetero) is 1. The van der Waals surface area contributed by atoms with Crippen LogP contribution in [0.3, 0.4) is 0 Å². The normalized spacial score (nSPS) is 25.7. The summed E-state index contributed by atoms with van der Waals surface area (Å²) in [5, 5.41) is 0. The molecule has 1 aromatic carbocycles. The lowest BCUT2D eigenvalue weighted by molar-refractivity contribution is -0.120. The molecule has 1 fully saturated rings. The summed E-state index contributed by atoms with van der Waals surface area (Å²) < 4.78 is 5.26. The van der Waals surface area contributed by atoms with Gasteiger partial charge in [0, 0.05) is 11.8 Å². The average Bonchev–Trinajstić information content (AvgIpc) is 3.06. The van der Waals surface area contributed by atoms with E-state index >= 15 is 0 Å². The molecule has 3 unspecified atom stereocenters. The second-order valence-corrected chi connectivity index (χ2v) is 6.23. The summed E-state index contributed by atoms with van der Waals surface area (Å²) in [6.45, 7) is 2.61. The number of allylic oxidation sites excluding steroid dienone is 2. The third kappa shape index (κ3) is 2.85. The van der Waals surface area contributed by atoms with Gasteiger partial charge in [-0.25, -0.2) is 4.79 Å². The number of carbonyl (C=O) groups is 2. The van der Waals surface area contributed by atoms with Crippen molar-refractivity contribution in [2.75, 3.05) is 6.61 Å². The van der Waals surface area contributed by atoms with E-state index in [1.54, 1.807) is 0 Å². The summed E-state index contributed by atoms with van der Waals surface area (Å²) in [7, 11) is 0. The zero-order valence-electron chi connectivity index (χ0n) is 13.0. The van der Waals surface area contributed by atoms with Crippen molar-refractivity contribution in [1.82, 2.24) is 0 Å². The van der Waals surface area contributed by atoms with E-state index in [0.29, 0.717) is 18.0 Å². The first-order valence-corrected chi connectivity index (χ1v) is 8.20. The van der Waals surface area contributed by atoms with Crippen LogP contribution in [-0.2, 0) is 9.53 Å². The molecular weight excluding hydrogens is 276 g/mol. The molecule has 3 rings (SSSR count). The Morgan fingerprint density at radius 3 is 2.55 bits per heavy atom. The van der Waals surface area contributed by atoms with Gasteiger partial charge in [0.2, 0.25) is 0 Å². The minimum Gasteiger partial charge on any atom is -0.462 e. The van der Waals surface area contributed by atoms with Gasteiger partial charge in [0.25, 0.3) is 0 Å². The first-order chi connectivity index (χ1) is 10.7. The molecule has 0 saturated heterocycles. The molecule has 116 valence electrons. The van der Waals surface area contributed by atoms with Gasteiger partial charge in [-0.1, -0.05) is 44.1 Å². The van der Waals surface area contributed by atoms with Crippen molar-refractivity contribution in [2.24, 2.45) is 11.8 Å². The standard InChI is InChI=1S/C19H22O3/c1-2-3-4-11-22-19(21)14-7-5-13(6-8-14)17-12-15-9-10-16(17)18(15)20/h5-10,15-17H,2-4,11-12H2,1H3. The highest BCUT2D eigenvalue weighted by molar-refractivity contribution is 5.93. The fourth-order valence-corrected chi connectivity index (χ4v) is 3.45. The van der Waals surface area contributed by atoms with Crippen molar-refractivity contribution >= 4 is 11.8 Å². The summed E-state index contributed by atoms with van der Waals surface area (Å²) in [6, 6.07) is 7.57. The van der Waals surface area contributed by atoms with Crippen LogP contribution in [0.1, 0.15) is 54.4 Å². The number of hydrogen-bond acceptors (Lipinski definition) is 3. The number of ether oxygens (including phenoxy) is 1. The minimum absolute atomic E-state index is 0.0387. The highest BCUT2D eigenvalue weighted by Gasteiger charge is 2.43. The van der Waals surface area contributed by atoms with Crippen molar-refractivity contribution in [3.63, 3.8) is 0 Å². The maximum Gasteiger partial charge on any atom is 0.338 e. The predicted molar refractivity (Wildman–Crippen MR) is 84.7 cm³/mol. The van der Waals surface area contributed by atoms with Gasteiger partial charge in [0.15, 0.2) is 0 Å². The van der Waals surface area contributed by atoms with Crippen LogP contribution >= 0.6 is 0 Å². The Labute approximate surface area is 131 Å². The van der Waals surface area contributed by atoms with Gasteiger partial charge in [0.05, 0.1) is 12.2 Å². The van der Waals surface area contributed by atoms with Crippen molar-refractivity contribution in [3.8, 4) is 0 Å². The van der Waals surface area contributed by atoms with Crippen LogP contribution < -0.4 is 0 Å². The number of hydrogen-bond donors (Lipinski definition) is 0. The van der Waals surface area contributed by atoms with Gasteiger partial charge in [-0.2, -0.15) is 0 Å². The van der Waals surface area contributed by atoms with Crippen LogP contribution in [0.15, 0.2) is 36.4 Å². The molecule has 1 saturated carbocycles. The van der Waals surface area contributed by atoms with Crippen molar-refractivity contribution < 1.29 is 14.3 Å². The van der Waals surface area contributed by atoms with Gasteiger partial charge in [-0.3, -0.25) is 4.79 Å². The van der Waals surface area contributed by atoms with E-state index in [2.05, 4.69) is 6.92 Å². The van der Waals surface area contributed by atoms with Crippen LogP contribution in [0.5, 0.6) is 0 Å². The summed E-state index contributed by atoms with van der Waals surface area (Å²) in [5.41, 5.74) is 1.73. The van der Waals surface area contributed by atoms with Crippen LogP contribution in [0.4, 0.5) is 0 Å². The number of ketones is 1. The van der Waals surface area contributed by atoms with E-state index in [1.165, 1.54) is 0 Å².